The summed E-state index contributed by atoms with van der Waals surface area (Å²) >= 11 is 0. The second-order valence-corrected chi connectivity index (χ2v) is 6.53. The molecule has 0 aliphatic carbocycles. The van der Waals surface area contributed by atoms with Gasteiger partial charge in [-0.3, -0.25) is 0 Å². The number of nitrogens with zero attached hydrogens (tertiary/aromatic N) is 3. The fourth-order valence-electron chi connectivity index (χ4n) is 2.35. The first kappa shape index (κ1) is 14.3. The summed E-state index contributed by atoms with van der Waals surface area (Å²) in [5.41, 5.74) is 1.27. The molecule has 0 spiro atoms. The van der Waals surface area contributed by atoms with Gasteiger partial charge in [0.25, 0.3) is 0 Å². The van der Waals surface area contributed by atoms with Crippen molar-refractivity contribution in [2.75, 3.05) is 11.4 Å². The van der Waals surface area contributed by atoms with Gasteiger partial charge < -0.3 is 10.2 Å². The molecule has 4 heteroatoms. The molecule has 1 aromatic rings. The van der Waals surface area contributed by atoms with Gasteiger partial charge in [0.15, 0.2) is 0 Å². The lowest BCUT2D eigenvalue weighted by Gasteiger charge is -2.33. The van der Waals surface area contributed by atoms with Crippen molar-refractivity contribution >= 4 is 5.95 Å². The van der Waals surface area contributed by atoms with E-state index in [4.69, 9.17) is 0 Å². The van der Waals surface area contributed by atoms with Gasteiger partial charge in [0.05, 0.1) is 0 Å². The molecule has 0 radical (unpaired) electrons. The first-order valence-electron chi connectivity index (χ1n) is 7.28. The van der Waals surface area contributed by atoms with Crippen molar-refractivity contribution in [3.63, 3.8) is 0 Å². The van der Waals surface area contributed by atoms with Crippen LogP contribution in [-0.4, -0.2) is 28.1 Å². The Morgan fingerprint density at radius 2 is 1.95 bits per heavy atom. The molecule has 2 rings (SSSR count). The van der Waals surface area contributed by atoms with Crippen LogP contribution in [-0.2, 0) is 6.54 Å². The molecule has 1 aliphatic rings. The van der Waals surface area contributed by atoms with Crippen LogP contribution in [0.3, 0.4) is 0 Å². The second kappa shape index (κ2) is 5.87. The van der Waals surface area contributed by atoms with Gasteiger partial charge in [-0.25, -0.2) is 9.97 Å². The van der Waals surface area contributed by atoms with Crippen molar-refractivity contribution in [2.45, 2.75) is 65.1 Å². The molecular weight excluding hydrogens is 236 g/mol. The normalized spacial score (nSPS) is 20.6. The summed E-state index contributed by atoms with van der Waals surface area (Å²) < 4.78 is 0. The summed E-state index contributed by atoms with van der Waals surface area (Å²) in [6.07, 6.45) is 7.72. The minimum absolute atomic E-state index is 0.125. The predicted molar refractivity (Wildman–Crippen MR) is 79.3 cm³/mol. The summed E-state index contributed by atoms with van der Waals surface area (Å²) in [6.45, 7) is 10.7. The number of hydrogen-bond acceptors (Lipinski definition) is 4. The maximum absolute atomic E-state index is 4.53. The van der Waals surface area contributed by atoms with Crippen molar-refractivity contribution in [1.82, 2.24) is 15.3 Å². The number of aromatic nitrogens is 2. The van der Waals surface area contributed by atoms with Gasteiger partial charge in [0.2, 0.25) is 5.95 Å². The zero-order valence-corrected chi connectivity index (χ0v) is 12.6. The van der Waals surface area contributed by atoms with E-state index in [0.717, 1.165) is 24.6 Å². The number of piperidine rings is 1. The number of rotatable bonds is 3. The molecule has 4 nitrogen and oxygen atoms in total. The summed E-state index contributed by atoms with van der Waals surface area (Å²) in [6, 6.07) is 0.562. The first-order valence-corrected chi connectivity index (χ1v) is 7.28. The zero-order chi connectivity index (χ0) is 13.9. The SMILES string of the molecule is CC1CCCCN1c1ncc(CNC(C)(C)C)cn1. The lowest BCUT2D eigenvalue weighted by atomic mass is 10.0. The van der Waals surface area contributed by atoms with E-state index in [1.54, 1.807) is 0 Å². The Hall–Kier alpha value is -1.16. The van der Waals surface area contributed by atoms with Crippen LogP contribution in [0.4, 0.5) is 5.95 Å². The highest BCUT2D eigenvalue weighted by Gasteiger charge is 2.20. The molecule has 1 N–H and O–H groups in total. The Balaban J connectivity index is 1.98. The largest absolute Gasteiger partial charge is 0.338 e. The van der Waals surface area contributed by atoms with Crippen LogP contribution in [0.25, 0.3) is 0 Å². The lowest BCUT2D eigenvalue weighted by Crippen LogP contribution is -2.38. The highest BCUT2D eigenvalue weighted by molar-refractivity contribution is 5.32. The molecule has 1 aliphatic heterocycles. The van der Waals surface area contributed by atoms with Crippen LogP contribution >= 0.6 is 0 Å². The van der Waals surface area contributed by atoms with Crippen molar-refractivity contribution in [1.29, 1.82) is 0 Å². The van der Waals surface area contributed by atoms with Crippen LogP contribution in [0.15, 0.2) is 12.4 Å². The van der Waals surface area contributed by atoms with Crippen molar-refractivity contribution in [2.24, 2.45) is 0 Å². The van der Waals surface area contributed by atoms with Gasteiger partial charge in [-0.15, -0.1) is 0 Å². The Morgan fingerprint density at radius 1 is 1.26 bits per heavy atom. The van der Waals surface area contributed by atoms with Gasteiger partial charge in [0, 0.05) is 42.6 Å². The van der Waals surface area contributed by atoms with Gasteiger partial charge in [-0.1, -0.05) is 0 Å². The molecule has 1 atom stereocenters. The Morgan fingerprint density at radius 3 is 2.53 bits per heavy atom. The highest BCUT2D eigenvalue weighted by Crippen LogP contribution is 2.20. The van der Waals surface area contributed by atoms with Crippen LogP contribution < -0.4 is 10.2 Å². The fraction of sp³-hybridized carbons (Fsp3) is 0.733. The topological polar surface area (TPSA) is 41.1 Å². The van der Waals surface area contributed by atoms with E-state index in [1.165, 1.54) is 19.3 Å². The maximum atomic E-state index is 4.53. The molecule has 106 valence electrons. The minimum atomic E-state index is 0.125. The molecule has 1 unspecified atom stereocenters. The maximum Gasteiger partial charge on any atom is 0.225 e. The predicted octanol–water partition coefficient (Wildman–Crippen LogP) is 2.74. The molecule has 1 fully saturated rings. The van der Waals surface area contributed by atoms with E-state index in [1.807, 2.05) is 12.4 Å². The Kier molecular flexibility index (Phi) is 4.40. The van der Waals surface area contributed by atoms with Gasteiger partial charge in [-0.2, -0.15) is 0 Å². The second-order valence-electron chi connectivity index (χ2n) is 6.53. The van der Waals surface area contributed by atoms with Crippen molar-refractivity contribution < 1.29 is 0 Å². The van der Waals surface area contributed by atoms with Crippen molar-refractivity contribution in [3.8, 4) is 0 Å². The van der Waals surface area contributed by atoms with Crippen LogP contribution in [0.2, 0.25) is 0 Å². The van der Waals surface area contributed by atoms with Crippen LogP contribution in [0.1, 0.15) is 52.5 Å². The molecule has 19 heavy (non-hydrogen) atoms. The smallest absolute Gasteiger partial charge is 0.225 e. The van der Waals surface area contributed by atoms with E-state index in [2.05, 4.69) is 47.9 Å². The molecule has 1 aromatic heterocycles. The standard InChI is InChI=1S/C15H26N4/c1-12-7-5-6-8-19(12)14-16-9-13(10-17-14)11-18-15(2,3)4/h9-10,12,18H,5-8,11H2,1-4H3. The summed E-state index contributed by atoms with van der Waals surface area (Å²) in [7, 11) is 0. The van der Waals surface area contributed by atoms with E-state index in [-0.39, 0.29) is 5.54 Å². The summed E-state index contributed by atoms with van der Waals surface area (Å²) in [5.74, 6) is 0.881. The molecular formula is C15H26N4. The Labute approximate surface area is 116 Å². The zero-order valence-electron chi connectivity index (χ0n) is 12.6. The first-order chi connectivity index (χ1) is 8.96. The third-order valence-electron chi connectivity index (χ3n) is 3.57. The molecule has 1 saturated heterocycles. The summed E-state index contributed by atoms with van der Waals surface area (Å²) in [5, 5.41) is 3.45. The molecule has 0 amide bonds. The molecule has 0 aromatic carbocycles. The number of hydrogen-bond donors (Lipinski definition) is 1. The van der Waals surface area contributed by atoms with E-state index >= 15 is 0 Å². The third kappa shape index (κ3) is 4.16. The number of anilines is 1. The van der Waals surface area contributed by atoms with E-state index in [0.29, 0.717) is 6.04 Å². The van der Waals surface area contributed by atoms with E-state index < -0.39 is 0 Å². The fourth-order valence-corrected chi connectivity index (χ4v) is 2.35. The quantitative estimate of drug-likeness (QED) is 0.909. The van der Waals surface area contributed by atoms with Crippen LogP contribution in [0, 0.1) is 0 Å². The van der Waals surface area contributed by atoms with Gasteiger partial charge >= 0.3 is 0 Å². The average molecular weight is 262 g/mol. The monoisotopic (exact) mass is 262 g/mol. The molecule has 2 heterocycles. The molecule has 0 saturated carbocycles. The third-order valence-corrected chi connectivity index (χ3v) is 3.57. The Bertz CT molecular complexity index is 394. The molecule has 0 bridgehead atoms. The summed E-state index contributed by atoms with van der Waals surface area (Å²) in [4.78, 5) is 11.4. The lowest BCUT2D eigenvalue weighted by molar-refractivity contribution is 0.423. The number of nitrogens with one attached hydrogen (secondary N) is 1. The van der Waals surface area contributed by atoms with E-state index in [9.17, 15) is 0 Å². The van der Waals surface area contributed by atoms with Crippen molar-refractivity contribution in [3.05, 3.63) is 18.0 Å². The average Bonchev–Trinajstić information content (AvgIpc) is 2.37. The minimum Gasteiger partial charge on any atom is -0.338 e. The van der Waals surface area contributed by atoms with Crippen LogP contribution in [0.5, 0.6) is 0 Å². The highest BCUT2D eigenvalue weighted by atomic mass is 15.3. The van der Waals surface area contributed by atoms with Gasteiger partial charge in [0.1, 0.15) is 0 Å². The van der Waals surface area contributed by atoms with Gasteiger partial charge in [-0.05, 0) is 47.0 Å².